The van der Waals surface area contributed by atoms with Gasteiger partial charge in [-0.25, -0.2) is 9.59 Å². The molecule has 1 unspecified atom stereocenters. The van der Waals surface area contributed by atoms with Gasteiger partial charge in [0.05, 0.1) is 11.1 Å². The molecule has 0 aromatic heterocycles. The summed E-state index contributed by atoms with van der Waals surface area (Å²) in [5.74, 6) is -2.62. The maximum atomic E-state index is 10.8. The van der Waals surface area contributed by atoms with Gasteiger partial charge >= 0.3 is 11.9 Å². The van der Waals surface area contributed by atoms with Crippen LogP contribution in [0, 0.1) is 4.91 Å². The summed E-state index contributed by atoms with van der Waals surface area (Å²) in [5.41, 5.74) is -0.461. The zero-order chi connectivity index (χ0) is 13.7. The number of hydrogen-bond acceptors (Lipinski definition) is 6. The van der Waals surface area contributed by atoms with Gasteiger partial charge in [-0.1, -0.05) is 0 Å². The van der Waals surface area contributed by atoms with Crippen LogP contribution in [0.15, 0.2) is 23.5 Å². The Morgan fingerprint density at radius 1 is 1.17 bits per heavy atom. The molecule has 8 heteroatoms. The first-order valence-electron chi connectivity index (χ1n) is 4.62. The van der Waals surface area contributed by atoms with Crippen molar-refractivity contribution in [2.75, 3.05) is 7.11 Å². The molecule has 0 aliphatic carbocycles. The lowest BCUT2D eigenvalue weighted by molar-refractivity contribution is -0.129. The van der Waals surface area contributed by atoms with Crippen molar-refractivity contribution in [1.29, 1.82) is 0 Å². The molecular formula is C10H9NO7. The lowest BCUT2D eigenvalue weighted by atomic mass is 10.1. The summed E-state index contributed by atoms with van der Waals surface area (Å²) in [4.78, 5) is 36.0. The molecule has 2 N–H and O–H groups in total. The van der Waals surface area contributed by atoms with Gasteiger partial charge in [-0.3, -0.25) is 0 Å². The molecule has 0 aliphatic heterocycles. The summed E-state index contributed by atoms with van der Waals surface area (Å²) in [5, 5.41) is 19.8. The molecule has 0 radical (unpaired) electrons. The first-order valence-corrected chi connectivity index (χ1v) is 4.62. The molecule has 1 atom stereocenters. The topological polar surface area (TPSA) is 122 Å². The molecule has 0 heterocycles. The number of ether oxygens (including phenoxy) is 1. The van der Waals surface area contributed by atoms with Crippen molar-refractivity contribution in [3.8, 4) is 0 Å². The fourth-order valence-corrected chi connectivity index (χ4v) is 1.31. The maximum Gasteiger partial charge on any atom is 0.335 e. The number of carboxylic acid groups (broad SMARTS) is 2. The zero-order valence-electron chi connectivity index (χ0n) is 9.19. The zero-order valence-corrected chi connectivity index (χ0v) is 9.19. The summed E-state index contributed by atoms with van der Waals surface area (Å²) < 4.78 is 4.74. The van der Waals surface area contributed by atoms with Crippen molar-refractivity contribution >= 4 is 11.9 Å². The van der Waals surface area contributed by atoms with Crippen LogP contribution in [0.2, 0.25) is 0 Å². The van der Waals surface area contributed by atoms with Crippen LogP contribution in [0.25, 0.3) is 0 Å². The quantitative estimate of drug-likeness (QED) is 0.447. The van der Waals surface area contributed by atoms with Gasteiger partial charge in [-0.15, -0.1) is 4.91 Å². The second-order valence-electron chi connectivity index (χ2n) is 3.20. The van der Waals surface area contributed by atoms with E-state index in [0.717, 1.165) is 18.2 Å². The fraction of sp³-hybridized carbons (Fsp3) is 0.200. The number of carbonyl (C=O) groups is 2. The first-order chi connectivity index (χ1) is 8.49. The van der Waals surface area contributed by atoms with Crippen LogP contribution in [-0.4, -0.2) is 29.3 Å². The largest absolute Gasteiger partial charge is 0.478 e. The third kappa shape index (κ3) is 3.01. The molecule has 1 aromatic carbocycles. The normalized spacial score (nSPS) is 11.6. The van der Waals surface area contributed by atoms with Crippen LogP contribution >= 0.6 is 0 Å². The van der Waals surface area contributed by atoms with Crippen molar-refractivity contribution in [3.63, 3.8) is 0 Å². The van der Waals surface area contributed by atoms with E-state index in [1.165, 1.54) is 7.11 Å². The number of nitrogens with zero attached hydrogens (tertiary/aromatic N) is 1. The Hall–Kier alpha value is -2.48. The van der Waals surface area contributed by atoms with E-state index in [9.17, 15) is 14.5 Å². The summed E-state index contributed by atoms with van der Waals surface area (Å²) in [6.45, 7) is 0. The second-order valence-corrected chi connectivity index (χ2v) is 3.20. The Kier molecular flexibility index (Phi) is 4.33. The average Bonchev–Trinajstić information content (AvgIpc) is 2.35. The second kappa shape index (κ2) is 5.73. The molecule has 0 amide bonds. The highest BCUT2D eigenvalue weighted by atomic mass is 16.8. The van der Waals surface area contributed by atoms with E-state index < -0.39 is 18.2 Å². The molecule has 18 heavy (non-hydrogen) atoms. The van der Waals surface area contributed by atoms with E-state index in [-0.39, 0.29) is 16.7 Å². The molecule has 0 aliphatic rings. The van der Waals surface area contributed by atoms with Crippen LogP contribution < -0.4 is 0 Å². The molecule has 1 rings (SSSR count). The molecular weight excluding hydrogens is 246 g/mol. The SMILES string of the molecule is COC(ON=O)c1cc(C(=O)O)cc(C(=O)O)c1. The molecule has 8 nitrogen and oxygen atoms in total. The van der Waals surface area contributed by atoms with Gasteiger partial charge in [0.2, 0.25) is 0 Å². The van der Waals surface area contributed by atoms with Gasteiger partial charge in [-0.2, -0.15) is 0 Å². The Morgan fingerprint density at radius 3 is 2.00 bits per heavy atom. The number of methoxy groups -OCH3 is 1. The Labute approximate surface area is 101 Å². The highest BCUT2D eigenvalue weighted by Crippen LogP contribution is 2.22. The van der Waals surface area contributed by atoms with Gasteiger partial charge in [0.1, 0.15) is 0 Å². The number of rotatable bonds is 6. The van der Waals surface area contributed by atoms with Crippen LogP contribution in [0.4, 0.5) is 0 Å². The maximum absolute atomic E-state index is 10.8. The molecule has 0 fully saturated rings. The highest BCUT2D eigenvalue weighted by molar-refractivity contribution is 5.94. The van der Waals surface area contributed by atoms with E-state index >= 15 is 0 Å². The fourth-order valence-electron chi connectivity index (χ4n) is 1.31. The lowest BCUT2D eigenvalue weighted by Crippen LogP contribution is -2.09. The van der Waals surface area contributed by atoms with E-state index in [4.69, 9.17) is 14.9 Å². The van der Waals surface area contributed by atoms with Gasteiger partial charge in [-0.05, 0) is 18.2 Å². The molecule has 1 aromatic rings. The summed E-state index contributed by atoms with van der Waals surface area (Å²) >= 11 is 0. The summed E-state index contributed by atoms with van der Waals surface area (Å²) in [7, 11) is 1.20. The van der Waals surface area contributed by atoms with Gasteiger partial charge in [0.25, 0.3) is 6.29 Å². The third-order valence-corrected chi connectivity index (χ3v) is 2.07. The van der Waals surface area contributed by atoms with Gasteiger partial charge in [0, 0.05) is 12.7 Å². The molecule has 0 spiro atoms. The van der Waals surface area contributed by atoms with Crippen LogP contribution in [0.1, 0.15) is 32.6 Å². The smallest absolute Gasteiger partial charge is 0.335 e. The van der Waals surface area contributed by atoms with Crippen LogP contribution in [-0.2, 0) is 9.57 Å². The van der Waals surface area contributed by atoms with Crippen LogP contribution in [0.5, 0.6) is 0 Å². The number of hydrogen-bond donors (Lipinski definition) is 2. The molecule has 0 bridgehead atoms. The van der Waals surface area contributed by atoms with E-state index in [2.05, 4.69) is 10.2 Å². The highest BCUT2D eigenvalue weighted by Gasteiger charge is 2.18. The van der Waals surface area contributed by atoms with Gasteiger partial charge in [0.15, 0.2) is 5.34 Å². The molecule has 0 saturated heterocycles. The number of aromatic carboxylic acids is 2. The minimum atomic E-state index is -1.31. The minimum Gasteiger partial charge on any atom is -0.478 e. The predicted molar refractivity (Wildman–Crippen MR) is 57.0 cm³/mol. The van der Waals surface area contributed by atoms with E-state index in [0.29, 0.717) is 0 Å². The Bertz CT molecular complexity index is 453. The van der Waals surface area contributed by atoms with Gasteiger partial charge < -0.3 is 19.8 Å². The van der Waals surface area contributed by atoms with Crippen molar-refractivity contribution in [1.82, 2.24) is 0 Å². The van der Waals surface area contributed by atoms with Crippen molar-refractivity contribution < 1.29 is 29.4 Å². The number of carboxylic acids is 2. The minimum absolute atomic E-state index is 0.0643. The predicted octanol–water partition coefficient (Wildman–Crippen LogP) is 1.43. The lowest BCUT2D eigenvalue weighted by Gasteiger charge is -2.12. The van der Waals surface area contributed by atoms with Crippen molar-refractivity contribution in [2.24, 2.45) is 5.34 Å². The third-order valence-electron chi connectivity index (χ3n) is 2.07. The van der Waals surface area contributed by atoms with E-state index in [1.54, 1.807) is 0 Å². The van der Waals surface area contributed by atoms with Crippen molar-refractivity contribution in [3.05, 3.63) is 39.8 Å². The number of benzene rings is 1. The average molecular weight is 255 g/mol. The van der Waals surface area contributed by atoms with Crippen LogP contribution in [0.3, 0.4) is 0 Å². The van der Waals surface area contributed by atoms with E-state index in [1.807, 2.05) is 0 Å². The Balaban J connectivity index is 3.29. The Morgan fingerprint density at radius 2 is 1.67 bits per heavy atom. The summed E-state index contributed by atoms with van der Waals surface area (Å²) in [6, 6.07) is 3.25. The monoisotopic (exact) mass is 255 g/mol. The first kappa shape index (κ1) is 13.6. The molecule has 0 saturated carbocycles. The van der Waals surface area contributed by atoms with Crippen molar-refractivity contribution in [2.45, 2.75) is 6.29 Å². The standard InChI is InChI=1S/C10H9NO7/c1-17-10(18-11-16)7-3-5(8(12)13)2-6(4-7)9(14)15/h2-4,10H,1H3,(H,12,13)(H,14,15). The summed E-state index contributed by atoms with van der Waals surface area (Å²) in [6.07, 6.45) is -1.26. The molecule has 96 valence electrons.